The van der Waals surface area contributed by atoms with Gasteiger partial charge in [0.1, 0.15) is 5.02 Å². The summed E-state index contributed by atoms with van der Waals surface area (Å²) in [6.45, 7) is 4.93. The molecule has 170 valence electrons. The summed E-state index contributed by atoms with van der Waals surface area (Å²) >= 11 is 14.6. The minimum absolute atomic E-state index is 0.473. The Morgan fingerprint density at radius 1 is 0.964 bits per heavy atom. The van der Waals surface area contributed by atoms with E-state index in [2.05, 4.69) is 47.4 Å². The van der Waals surface area contributed by atoms with Crippen LogP contribution in [0.2, 0.25) is 5.02 Å². The fraction of sp³-hybridized carbons (Fsp3) is 0.692. The summed E-state index contributed by atoms with van der Waals surface area (Å²) in [5.41, 5.74) is 0.754. The van der Waals surface area contributed by atoms with E-state index in [1.165, 1.54) is 18.2 Å². The van der Waals surface area contributed by atoms with Crippen LogP contribution in [0.1, 0.15) is 46.7 Å². The number of hydrogen-bond acceptors (Lipinski definition) is 6. The molecule has 0 spiro atoms. The summed E-state index contributed by atoms with van der Waals surface area (Å²) in [6.07, 6.45) is 3.17. The van der Waals surface area contributed by atoms with Gasteiger partial charge in [-0.15, -0.1) is 0 Å². The average Bonchev–Trinajstić information content (AvgIpc) is 2.51. The first-order valence-electron chi connectivity index (χ1n) is 7.88. The average molecular weight is 521 g/mol. The molecule has 1 rings (SSSR count). The zero-order chi connectivity index (χ0) is 23.6. The molecule has 28 heavy (non-hydrogen) atoms. The second-order valence-electron chi connectivity index (χ2n) is 4.08. The third-order valence-corrected chi connectivity index (χ3v) is 2.41. The normalized spacial score (nSPS) is 9.79. The molecule has 0 amide bonds. The van der Waals surface area contributed by atoms with Crippen LogP contribution in [0.5, 0.6) is 5.88 Å². The van der Waals surface area contributed by atoms with Crippen molar-refractivity contribution in [3.8, 4) is 5.88 Å². The van der Waals surface area contributed by atoms with Crippen molar-refractivity contribution in [3.05, 3.63) is 10.7 Å². The molecule has 1 aromatic rings. The second kappa shape index (κ2) is 20.8. The minimum atomic E-state index is -3.81. The Labute approximate surface area is 186 Å². The number of nitrogens with zero attached hydrogens (tertiary/aromatic N) is 2. The standard InChI is InChI=1S/C8H11ClN2OS.C3H8.C2H6.2H3O3PS/c1-4-12-7-6(9)5(2)10-8(11-7)13-3;1-3-2;1-2;2*1-4(2,3)5/h4H2,1-3H3;3H2,1-2H3;1-2H3;2*(H3,1,2,3,5). The molecule has 0 radical (unpaired) electrons. The van der Waals surface area contributed by atoms with Crippen LogP contribution in [0.4, 0.5) is 0 Å². The molecule has 0 saturated carbocycles. The van der Waals surface area contributed by atoms with E-state index < -0.39 is 13.4 Å². The van der Waals surface area contributed by atoms with Crippen molar-refractivity contribution in [2.75, 3.05) is 12.9 Å². The summed E-state index contributed by atoms with van der Waals surface area (Å²) in [5, 5.41) is 1.19. The van der Waals surface area contributed by atoms with Crippen LogP contribution in [-0.4, -0.2) is 52.2 Å². The predicted octanol–water partition coefficient (Wildman–Crippen LogP) is 3.38. The summed E-state index contributed by atoms with van der Waals surface area (Å²) in [5.74, 6) is 0.473. The lowest BCUT2D eigenvalue weighted by Gasteiger charge is -2.07. The maximum atomic E-state index is 7.56. The van der Waals surface area contributed by atoms with E-state index in [1.54, 1.807) is 0 Å². The molecule has 9 nitrogen and oxygen atoms in total. The van der Waals surface area contributed by atoms with Gasteiger partial charge in [-0.2, -0.15) is 4.98 Å². The van der Waals surface area contributed by atoms with E-state index in [0.29, 0.717) is 22.7 Å². The maximum Gasteiger partial charge on any atom is 0.319 e. The zero-order valence-corrected chi connectivity index (χ0v) is 21.9. The summed E-state index contributed by atoms with van der Waals surface area (Å²) in [6, 6.07) is 0. The lowest BCUT2D eigenvalue weighted by Crippen LogP contribution is -1.99. The van der Waals surface area contributed by atoms with E-state index >= 15 is 0 Å². The molecule has 1 aromatic heterocycles. The van der Waals surface area contributed by atoms with Gasteiger partial charge in [0.2, 0.25) is 5.88 Å². The first-order valence-corrected chi connectivity index (χ1v) is 14.8. The number of aromatic nitrogens is 2. The Bertz CT molecular complexity index is 567. The molecule has 0 atom stereocenters. The van der Waals surface area contributed by atoms with Crippen molar-refractivity contribution >= 4 is 60.4 Å². The van der Waals surface area contributed by atoms with Gasteiger partial charge in [-0.1, -0.05) is 57.5 Å². The van der Waals surface area contributed by atoms with Crippen LogP contribution in [0.15, 0.2) is 5.16 Å². The molecule has 0 aliphatic carbocycles. The molecule has 0 aromatic carbocycles. The van der Waals surface area contributed by atoms with Gasteiger partial charge in [0.15, 0.2) is 5.16 Å². The van der Waals surface area contributed by atoms with Gasteiger partial charge in [-0.25, -0.2) is 4.98 Å². The van der Waals surface area contributed by atoms with Gasteiger partial charge in [-0.3, -0.25) is 0 Å². The Hall–Kier alpha value is 0.580. The Kier molecular flexibility index (Phi) is 26.8. The fourth-order valence-corrected chi connectivity index (χ4v) is 1.37. The van der Waals surface area contributed by atoms with Crippen LogP contribution in [0.25, 0.3) is 0 Å². The van der Waals surface area contributed by atoms with E-state index in [4.69, 9.17) is 45.7 Å². The molecular formula is C13H31ClN2O7P2S3. The number of rotatable bonds is 3. The van der Waals surface area contributed by atoms with Gasteiger partial charge >= 0.3 is 13.4 Å². The third kappa shape index (κ3) is 37.3. The molecule has 0 aliphatic heterocycles. The second-order valence-corrected chi connectivity index (χ2v) is 10.2. The largest absolute Gasteiger partial charge is 0.477 e. The van der Waals surface area contributed by atoms with Crippen LogP contribution < -0.4 is 4.74 Å². The van der Waals surface area contributed by atoms with E-state index in [0.717, 1.165) is 5.69 Å². The number of halogens is 1. The molecule has 1 heterocycles. The number of ether oxygens (including phenoxy) is 1. The lowest BCUT2D eigenvalue weighted by molar-refractivity contribution is 0.323. The summed E-state index contributed by atoms with van der Waals surface area (Å²) in [7, 11) is 0. The van der Waals surface area contributed by atoms with Gasteiger partial charge < -0.3 is 34.1 Å². The van der Waals surface area contributed by atoms with Crippen LogP contribution in [-0.2, 0) is 23.6 Å². The van der Waals surface area contributed by atoms with E-state index in [1.807, 2.05) is 34.0 Å². The van der Waals surface area contributed by atoms with Crippen molar-refractivity contribution in [1.29, 1.82) is 0 Å². The molecular weight excluding hydrogens is 490 g/mol. The molecule has 0 fully saturated rings. The van der Waals surface area contributed by atoms with E-state index in [-0.39, 0.29) is 0 Å². The first-order chi connectivity index (χ1) is 12.6. The molecule has 0 saturated heterocycles. The smallest absolute Gasteiger partial charge is 0.319 e. The highest BCUT2D eigenvalue weighted by molar-refractivity contribution is 8.06. The SMILES string of the molecule is CC.CCC.CCOc1nc(SC)nc(C)c1Cl.OP(O)(O)=S.OP(O)(O)=S. The summed E-state index contributed by atoms with van der Waals surface area (Å²) < 4.78 is 5.26. The predicted molar refractivity (Wildman–Crippen MR) is 124 cm³/mol. The highest BCUT2D eigenvalue weighted by Gasteiger charge is 2.09. The zero-order valence-electron chi connectivity index (χ0n) is 16.9. The molecule has 15 heteroatoms. The van der Waals surface area contributed by atoms with Crippen molar-refractivity contribution in [3.63, 3.8) is 0 Å². The Morgan fingerprint density at radius 3 is 1.54 bits per heavy atom. The fourth-order valence-electron chi connectivity index (χ4n) is 0.832. The first kappa shape index (κ1) is 36.0. The van der Waals surface area contributed by atoms with Crippen LogP contribution >= 0.6 is 36.8 Å². The van der Waals surface area contributed by atoms with Gasteiger partial charge in [0.05, 0.1) is 12.3 Å². The van der Waals surface area contributed by atoms with Gasteiger partial charge in [-0.05, 0) is 43.7 Å². The molecule has 0 aliphatic rings. The summed E-state index contributed by atoms with van der Waals surface area (Å²) in [4.78, 5) is 53.7. The molecule has 6 N–H and O–H groups in total. The van der Waals surface area contributed by atoms with Crippen molar-refractivity contribution in [1.82, 2.24) is 9.97 Å². The quantitative estimate of drug-likeness (QED) is 0.196. The number of thioether (sulfide) groups is 1. The Morgan fingerprint density at radius 2 is 1.29 bits per heavy atom. The lowest BCUT2D eigenvalue weighted by atomic mass is 10.4. The van der Waals surface area contributed by atoms with E-state index in [9.17, 15) is 0 Å². The van der Waals surface area contributed by atoms with Gasteiger partial charge in [0, 0.05) is 0 Å². The van der Waals surface area contributed by atoms with Gasteiger partial charge in [0.25, 0.3) is 0 Å². The Balaban J connectivity index is -0.000000160. The van der Waals surface area contributed by atoms with Crippen molar-refractivity contribution in [2.45, 2.75) is 53.1 Å². The highest BCUT2D eigenvalue weighted by Crippen LogP contribution is 2.27. The maximum absolute atomic E-state index is 7.56. The monoisotopic (exact) mass is 520 g/mol. The third-order valence-electron chi connectivity index (χ3n) is 1.43. The highest BCUT2D eigenvalue weighted by atomic mass is 35.5. The van der Waals surface area contributed by atoms with Crippen molar-refractivity contribution < 1.29 is 34.1 Å². The topological polar surface area (TPSA) is 156 Å². The van der Waals surface area contributed by atoms with Crippen LogP contribution in [0.3, 0.4) is 0 Å². The molecule has 0 bridgehead atoms. The molecule has 0 unspecified atom stereocenters. The number of aryl methyl sites for hydroxylation is 1. The number of hydrogen-bond donors (Lipinski definition) is 6. The van der Waals surface area contributed by atoms with Crippen LogP contribution in [0, 0.1) is 6.92 Å². The van der Waals surface area contributed by atoms with Crippen molar-refractivity contribution in [2.24, 2.45) is 0 Å². The minimum Gasteiger partial charge on any atom is -0.477 e.